The zero-order valence-electron chi connectivity index (χ0n) is 11.0. The van der Waals surface area contributed by atoms with Crippen LogP contribution in [0, 0.1) is 0 Å². The highest BCUT2D eigenvalue weighted by molar-refractivity contribution is 6.30. The Morgan fingerprint density at radius 3 is 2.89 bits per heavy atom. The van der Waals surface area contributed by atoms with Gasteiger partial charge in [-0.25, -0.2) is 0 Å². The molecule has 1 aromatic carbocycles. The van der Waals surface area contributed by atoms with Crippen LogP contribution < -0.4 is 5.32 Å². The molecule has 0 saturated heterocycles. The lowest BCUT2D eigenvalue weighted by atomic mass is 10.0. The van der Waals surface area contributed by atoms with Gasteiger partial charge in [-0.1, -0.05) is 30.7 Å². The summed E-state index contributed by atoms with van der Waals surface area (Å²) in [7, 11) is 0. The van der Waals surface area contributed by atoms with Crippen LogP contribution in [0.3, 0.4) is 0 Å². The fourth-order valence-electron chi connectivity index (χ4n) is 1.99. The van der Waals surface area contributed by atoms with Gasteiger partial charge in [-0.2, -0.15) is 0 Å². The molecule has 100 valence electrons. The summed E-state index contributed by atoms with van der Waals surface area (Å²) in [6, 6.07) is 8.13. The summed E-state index contributed by atoms with van der Waals surface area (Å²) >= 11 is 6.03. The Morgan fingerprint density at radius 2 is 2.21 bits per heavy atom. The standard InChI is InChI=1S/C15H18ClN3/c1-2-6-18-14(15-11-17-7-8-19-15)10-12-4-3-5-13(16)9-12/h3-5,7-9,11,14,18H,2,6,10H2,1H3. The summed E-state index contributed by atoms with van der Waals surface area (Å²) in [4.78, 5) is 8.54. The molecule has 0 aliphatic rings. The molecule has 1 N–H and O–H groups in total. The monoisotopic (exact) mass is 275 g/mol. The van der Waals surface area contributed by atoms with Gasteiger partial charge in [-0.3, -0.25) is 9.97 Å². The number of nitrogens with zero attached hydrogens (tertiary/aromatic N) is 2. The SMILES string of the molecule is CCCNC(Cc1cccc(Cl)c1)c1cnccn1. The van der Waals surface area contributed by atoms with Gasteiger partial charge in [0.25, 0.3) is 0 Å². The van der Waals surface area contributed by atoms with Crippen molar-refractivity contribution in [1.29, 1.82) is 0 Å². The predicted molar refractivity (Wildman–Crippen MR) is 78.2 cm³/mol. The molecule has 0 spiro atoms. The molecule has 0 amide bonds. The molecule has 19 heavy (non-hydrogen) atoms. The highest BCUT2D eigenvalue weighted by atomic mass is 35.5. The molecule has 0 saturated carbocycles. The summed E-state index contributed by atoms with van der Waals surface area (Å²) in [6.45, 7) is 3.11. The van der Waals surface area contributed by atoms with E-state index >= 15 is 0 Å². The van der Waals surface area contributed by atoms with E-state index in [2.05, 4.69) is 28.3 Å². The van der Waals surface area contributed by atoms with Crippen molar-refractivity contribution in [2.45, 2.75) is 25.8 Å². The number of hydrogen-bond donors (Lipinski definition) is 1. The van der Waals surface area contributed by atoms with Crippen molar-refractivity contribution in [1.82, 2.24) is 15.3 Å². The molecule has 1 atom stereocenters. The van der Waals surface area contributed by atoms with Crippen LogP contribution in [0.25, 0.3) is 0 Å². The van der Waals surface area contributed by atoms with Gasteiger partial charge >= 0.3 is 0 Å². The number of nitrogens with one attached hydrogen (secondary N) is 1. The van der Waals surface area contributed by atoms with E-state index in [1.807, 2.05) is 24.4 Å². The molecule has 0 bridgehead atoms. The summed E-state index contributed by atoms with van der Waals surface area (Å²) in [5.41, 5.74) is 2.17. The summed E-state index contributed by atoms with van der Waals surface area (Å²) in [6.07, 6.45) is 7.19. The van der Waals surface area contributed by atoms with Crippen molar-refractivity contribution in [3.8, 4) is 0 Å². The van der Waals surface area contributed by atoms with Crippen LogP contribution in [-0.4, -0.2) is 16.5 Å². The normalized spacial score (nSPS) is 12.3. The lowest BCUT2D eigenvalue weighted by Gasteiger charge is -2.17. The first-order valence-corrected chi connectivity index (χ1v) is 6.91. The fraction of sp³-hybridized carbons (Fsp3) is 0.333. The summed E-state index contributed by atoms with van der Waals surface area (Å²) in [5, 5.41) is 4.28. The van der Waals surface area contributed by atoms with Crippen LogP contribution >= 0.6 is 11.6 Å². The van der Waals surface area contributed by atoms with Crippen LogP contribution in [0.4, 0.5) is 0 Å². The number of hydrogen-bond acceptors (Lipinski definition) is 3. The Kier molecular flexibility index (Phi) is 5.31. The maximum atomic E-state index is 6.03. The zero-order chi connectivity index (χ0) is 13.5. The molecule has 3 nitrogen and oxygen atoms in total. The molecule has 2 aromatic rings. The van der Waals surface area contributed by atoms with Crippen molar-refractivity contribution >= 4 is 11.6 Å². The first-order chi connectivity index (χ1) is 9.29. The molecule has 0 fully saturated rings. The number of aromatic nitrogens is 2. The zero-order valence-corrected chi connectivity index (χ0v) is 11.8. The molecule has 4 heteroatoms. The average molecular weight is 276 g/mol. The van der Waals surface area contributed by atoms with Crippen LogP contribution in [0.5, 0.6) is 0 Å². The minimum atomic E-state index is 0.173. The third-order valence-corrected chi connectivity index (χ3v) is 3.14. The maximum Gasteiger partial charge on any atom is 0.0759 e. The van der Waals surface area contributed by atoms with Gasteiger partial charge in [-0.05, 0) is 37.1 Å². The molecule has 1 heterocycles. The second kappa shape index (κ2) is 7.22. The third kappa shape index (κ3) is 4.30. The summed E-state index contributed by atoms with van der Waals surface area (Å²) in [5.74, 6) is 0. The van der Waals surface area contributed by atoms with E-state index in [4.69, 9.17) is 11.6 Å². The number of benzene rings is 1. The molecule has 1 aromatic heterocycles. The van der Waals surface area contributed by atoms with E-state index in [1.165, 1.54) is 5.56 Å². The lowest BCUT2D eigenvalue weighted by Crippen LogP contribution is -2.25. The van der Waals surface area contributed by atoms with Crippen LogP contribution in [0.2, 0.25) is 5.02 Å². The molecular weight excluding hydrogens is 258 g/mol. The van der Waals surface area contributed by atoms with Gasteiger partial charge in [0.15, 0.2) is 0 Å². The van der Waals surface area contributed by atoms with Crippen molar-refractivity contribution in [3.63, 3.8) is 0 Å². The van der Waals surface area contributed by atoms with E-state index < -0.39 is 0 Å². The van der Waals surface area contributed by atoms with Crippen LogP contribution in [-0.2, 0) is 6.42 Å². The Bertz CT molecular complexity index is 502. The Morgan fingerprint density at radius 1 is 1.32 bits per heavy atom. The van der Waals surface area contributed by atoms with Crippen molar-refractivity contribution in [2.75, 3.05) is 6.54 Å². The molecule has 1 unspecified atom stereocenters. The largest absolute Gasteiger partial charge is 0.308 e. The average Bonchev–Trinajstić information content (AvgIpc) is 2.44. The number of rotatable bonds is 6. The van der Waals surface area contributed by atoms with Gasteiger partial charge in [0.1, 0.15) is 0 Å². The topological polar surface area (TPSA) is 37.8 Å². The van der Waals surface area contributed by atoms with E-state index in [0.717, 1.165) is 30.1 Å². The van der Waals surface area contributed by atoms with Gasteiger partial charge in [-0.15, -0.1) is 0 Å². The van der Waals surface area contributed by atoms with E-state index in [0.29, 0.717) is 0 Å². The van der Waals surface area contributed by atoms with Gasteiger partial charge < -0.3 is 5.32 Å². The maximum absolute atomic E-state index is 6.03. The second-order valence-corrected chi connectivity index (χ2v) is 4.91. The third-order valence-electron chi connectivity index (χ3n) is 2.91. The van der Waals surface area contributed by atoms with Crippen molar-refractivity contribution in [3.05, 3.63) is 59.1 Å². The minimum Gasteiger partial charge on any atom is -0.308 e. The van der Waals surface area contributed by atoms with Crippen LogP contribution in [0.15, 0.2) is 42.9 Å². The quantitative estimate of drug-likeness (QED) is 0.878. The lowest BCUT2D eigenvalue weighted by molar-refractivity contribution is 0.516. The molecule has 2 rings (SSSR count). The Hall–Kier alpha value is -1.45. The van der Waals surface area contributed by atoms with Crippen molar-refractivity contribution < 1.29 is 0 Å². The smallest absolute Gasteiger partial charge is 0.0759 e. The van der Waals surface area contributed by atoms with E-state index in [-0.39, 0.29) is 6.04 Å². The Labute approximate surface area is 119 Å². The van der Waals surface area contributed by atoms with E-state index in [1.54, 1.807) is 12.4 Å². The fourth-order valence-corrected chi connectivity index (χ4v) is 2.20. The predicted octanol–water partition coefficient (Wildman–Crippen LogP) is 3.41. The highest BCUT2D eigenvalue weighted by Crippen LogP contribution is 2.18. The van der Waals surface area contributed by atoms with Gasteiger partial charge in [0.05, 0.1) is 11.7 Å². The van der Waals surface area contributed by atoms with Crippen molar-refractivity contribution in [2.24, 2.45) is 0 Å². The first-order valence-electron chi connectivity index (χ1n) is 6.53. The second-order valence-electron chi connectivity index (χ2n) is 4.47. The first kappa shape index (κ1) is 14.0. The highest BCUT2D eigenvalue weighted by Gasteiger charge is 2.13. The number of halogens is 1. The molecule has 0 aliphatic carbocycles. The minimum absolute atomic E-state index is 0.173. The summed E-state index contributed by atoms with van der Waals surface area (Å²) < 4.78 is 0. The molecular formula is C15H18ClN3. The van der Waals surface area contributed by atoms with Crippen LogP contribution in [0.1, 0.15) is 30.6 Å². The van der Waals surface area contributed by atoms with Gasteiger partial charge in [0.2, 0.25) is 0 Å². The Balaban J connectivity index is 2.14. The van der Waals surface area contributed by atoms with E-state index in [9.17, 15) is 0 Å². The molecule has 0 radical (unpaired) electrons. The molecule has 0 aliphatic heterocycles. The van der Waals surface area contributed by atoms with Gasteiger partial charge in [0, 0.05) is 23.6 Å².